The molecule has 3 aromatic heterocycles. The molecule has 5 aromatic rings. The van der Waals surface area contributed by atoms with Gasteiger partial charge in [0.1, 0.15) is 22.8 Å². The number of anilines is 3. The van der Waals surface area contributed by atoms with E-state index in [1.54, 1.807) is 60.1 Å². The van der Waals surface area contributed by atoms with E-state index in [2.05, 4.69) is 48.6 Å². The highest BCUT2D eigenvalue weighted by atomic mass is 32.2. The first-order valence-corrected chi connectivity index (χ1v) is 14.1. The Kier molecular flexibility index (Phi) is 5.86. The molecule has 0 saturated heterocycles. The minimum atomic E-state index is -3.74. The maximum Gasteiger partial charge on any atom is 0.263 e. The van der Waals surface area contributed by atoms with Crippen LogP contribution in [0.1, 0.15) is 24.0 Å². The number of aryl methyl sites for hydroxylation is 2. The third kappa shape index (κ3) is 4.43. The van der Waals surface area contributed by atoms with Crippen LogP contribution in [0.5, 0.6) is 0 Å². The van der Waals surface area contributed by atoms with Crippen molar-refractivity contribution in [3.05, 3.63) is 89.7 Å². The summed E-state index contributed by atoms with van der Waals surface area (Å²) in [5.41, 5.74) is 5.88. The van der Waals surface area contributed by atoms with Crippen LogP contribution < -0.4 is 10.0 Å². The molecule has 0 bridgehead atoms. The summed E-state index contributed by atoms with van der Waals surface area (Å²) in [4.78, 5) is 14.1. The van der Waals surface area contributed by atoms with Gasteiger partial charge in [0.15, 0.2) is 0 Å². The van der Waals surface area contributed by atoms with E-state index < -0.39 is 10.0 Å². The molecule has 0 unspecified atom stereocenters. The minimum absolute atomic E-state index is 0.150. The maximum absolute atomic E-state index is 12.7. The summed E-state index contributed by atoms with van der Waals surface area (Å²) < 4.78 is 27.9. The Hall–Kier alpha value is -3.82. The molecule has 6 rings (SSSR count). The quantitative estimate of drug-likeness (QED) is 0.282. The van der Waals surface area contributed by atoms with Gasteiger partial charge in [0.25, 0.3) is 10.0 Å². The van der Waals surface area contributed by atoms with Gasteiger partial charge in [-0.05, 0) is 78.8 Å². The topological polar surface area (TPSA) is 96.9 Å². The first-order valence-electron chi connectivity index (χ1n) is 11.7. The van der Waals surface area contributed by atoms with Crippen molar-refractivity contribution in [1.82, 2.24) is 15.0 Å². The predicted molar refractivity (Wildman–Crippen MR) is 144 cm³/mol. The van der Waals surface area contributed by atoms with Crippen LogP contribution >= 0.6 is 11.3 Å². The van der Waals surface area contributed by atoms with Crippen molar-refractivity contribution >= 4 is 48.9 Å². The van der Waals surface area contributed by atoms with Gasteiger partial charge in [-0.15, -0.1) is 11.3 Å². The van der Waals surface area contributed by atoms with Crippen LogP contribution in [-0.4, -0.2) is 23.4 Å². The molecule has 1 aliphatic carbocycles. The van der Waals surface area contributed by atoms with Gasteiger partial charge in [-0.25, -0.2) is 23.4 Å². The first-order chi connectivity index (χ1) is 17.6. The molecule has 7 nitrogen and oxygen atoms in total. The summed E-state index contributed by atoms with van der Waals surface area (Å²) >= 11 is 1.59. The van der Waals surface area contributed by atoms with Crippen LogP contribution in [-0.2, 0) is 22.9 Å². The van der Waals surface area contributed by atoms with Gasteiger partial charge in [0.2, 0.25) is 0 Å². The number of rotatable bonds is 6. The third-order valence-electron chi connectivity index (χ3n) is 6.36. The number of aromatic nitrogens is 3. The van der Waals surface area contributed by atoms with Gasteiger partial charge in [0, 0.05) is 22.8 Å². The molecule has 36 heavy (non-hydrogen) atoms. The zero-order chi connectivity index (χ0) is 24.5. The zero-order valence-electron chi connectivity index (χ0n) is 19.3. The lowest BCUT2D eigenvalue weighted by molar-refractivity contribution is 0.601. The van der Waals surface area contributed by atoms with Gasteiger partial charge in [0.05, 0.1) is 10.3 Å². The van der Waals surface area contributed by atoms with Crippen molar-refractivity contribution < 1.29 is 8.42 Å². The third-order valence-corrected chi connectivity index (χ3v) is 8.62. The molecule has 0 amide bonds. The molecule has 9 heteroatoms. The van der Waals surface area contributed by atoms with E-state index in [0.29, 0.717) is 5.82 Å². The molecule has 3 heterocycles. The second-order valence-electron chi connectivity index (χ2n) is 8.71. The highest BCUT2D eigenvalue weighted by Gasteiger charge is 2.17. The Morgan fingerprint density at radius 1 is 0.861 bits per heavy atom. The molecule has 0 saturated carbocycles. The molecule has 0 spiro atoms. The van der Waals surface area contributed by atoms with E-state index in [4.69, 9.17) is 0 Å². The molecular weight excluding hydrogens is 490 g/mol. The highest BCUT2D eigenvalue weighted by molar-refractivity contribution is 7.92. The number of hydrogen-bond donors (Lipinski definition) is 2. The summed E-state index contributed by atoms with van der Waals surface area (Å²) in [6.45, 7) is 0. The SMILES string of the molecule is O=S(=O)(Nc1ccccn1)c1ccc(Nc2ncnc3scc(-c4ccc5c(c4)CCCC5)c23)cc1. The number of sulfonamides is 1. The summed E-state index contributed by atoms with van der Waals surface area (Å²) in [5.74, 6) is 0.964. The van der Waals surface area contributed by atoms with Crippen molar-refractivity contribution in [2.75, 3.05) is 10.0 Å². The molecule has 0 radical (unpaired) electrons. The number of pyridine rings is 1. The normalized spacial score (nSPS) is 13.3. The summed E-state index contributed by atoms with van der Waals surface area (Å²) in [6, 6.07) is 18.4. The predicted octanol–water partition coefficient (Wildman–Crippen LogP) is 6.18. The number of nitrogens with zero attached hydrogens (tertiary/aromatic N) is 3. The number of nitrogens with one attached hydrogen (secondary N) is 2. The average molecular weight is 514 g/mol. The lowest BCUT2D eigenvalue weighted by atomic mass is 9.89. The minimum Gasteiger partial charge on any atom is -0.340 e. The number of hydrogen-bond acceptors (Lipinski definition) is 7. The Balaban J connectivity index is 1.29. The Morgan fingerprint density at radius 3 is 2.50 bits per heavy atom. The standard InChI is InChI=1S/C27H23N5O2S2/c33-36(34,32-24-7-3-4-14-28-24)22-12-10-21(11-13-22)31-26-25-23(16-35-27(25)30-17-29-26)20-9-8-18-5-1-2-6-19(18)15-20/h3-4,7-17H,1-2,5-6H2,(H,28,32)(H,29,30,31). The van der Waals surface area contributed by atoms with Crippen molar-refractivity contribution in [2.24, 2.45) is 0 Å². The van der Waals surface area contributed by atoms with E-state index in [1.807, 2.05) is 0 Å². The smallest absolute Gasteiger partial charge is 0.263 e. The van der Waals surface area contributed by atoms with Gasteiger partial charge in [-0.1, -0.05) is 24.3 Å². The first kappa shape index (κ1) is 22.6. The monoisotopic (exact) mass is 513 g/mol. The lowest BCUT2D eigenvalue weighted by Gasteiger charge is -2.16. The Bertz CT molecular complexity index is 1650. The number of fused-ring (bicyclic) bond motifs is 2. The summed E-state index contributed by atoms with van der Waals surface area (Å²) in [7, 11) is -3.74. The van der Waals surface area contributed by atoms with Gasteiger partial charge in [-0.2, -0.15) is 0 Å². The van der Waals surface area contributed by atoms with Crippen LogP contribution in [0.3, 0.4) is 0 Å². The van der Waals surface area contributed by atoms with E-state index in [1.165, 1.54) is 35.7 Å². The van der Waals surface area contributed by atoms with E-state index in [-0.39, 0.29) is 10.7 Å². The molecule has 2 N–H and O–H groups in total. The fraction of sp³-hybridized carbons (Fsp3) is 0.148. The van der Waals surface area contributed by atoms with Crippen LogP contribution in [0, 0.1) is 0 Å². The highest BCUT2D eigenvalue weighted by Crippen LogP contribution is 2.38. The molecule has 0 atom stereocenters. The molecular formula is C27H23N5O2S2. The number of thiophene rings is 1. The van der Waals surface area contributed by atoms with Crippen LogP contribution in [0.4, 0.5) is 17.3 Å². The van der Waals surface area contributed by atoms with E-state index in [9.17, 15) is 8.42 Å². The van der Waals surface area contributed by atoms with Crippen molar-refractivity contribution in [2.45, 2.75) is 30.6 Å². The molecule has 2 aromatic carbocycles. The van der Waals surface area contributed by atoms with Crippen LogP contribution in [0.25, 0.3) is 21.3 Å². The molecule has 1 aliphatic rings. The fourth-order valence-corrected chi connectivity index (χ4v) is 6.48. The molecule has 0 aliphatic heterocycles. The molecule has 180 valence electrons. The second-order valence-corrected chi connectivity index (χ2v) is 11.3. The zero-order valence-corrected chi connectivity index (χ0v) is 20.9. The fourth-order valence-electron chi connectivity index (χ4n) is 4.56. The van der Waals surface area contributed by atoms with Gasteiger partial charge < -0.3 is 5.32 Å². The van der Waals surface area contributed by atoms with Gasteiger partial charge >= 0.3 is 0 Å². The van der Waals surface area contributed by atoms with Crippen molar-refractivity contribution in [3.8, 4) is 11.1 Å². The Labute approximate surface area is 213 Å². The van der Waals surface area contributed by atoms with Crippen LogP contribution in [0.15, 0.2) is 83.5 Å². The Morgan fingerprint density at radius 2 is 1.69 bits per heavy atom. The largest absolute Gasteiger partial charge is 0.340 e. The van der Waals surface area contributed by atoms with E-state index >= 15 is 0 Å². The maximum atomic E-state index is 12.7. The molecule has 0 fully saturated rings. The van der Waals surface area contributed by atoms with Crippen LogP contribution in [0.2, 0.25) is 0 Å². The number of benzene rings is 2. The second kappa shape index (κ2) is 9.33. The summed E-state index contributed by atoms with van der Waals surface area (Å²) in [5, 5.41) is 6.46. The van der Waals surface area contributed by atoms with Crippen molar-refractivity contribution in [3.63, 3.8) is 0 Å². The van der Waals surface area contributed by atoms with Crippen molar-refractivity contribution in [1.29, 1.82) is 0 Å². The summed E-state index contributed by atoms with van der Waals surface area (Å²) in [6.07, 6.45) is 7.86. The average Bonchev–Trinajstić information content (AvgIpc) is 3.34. The lowest BCUT2D eigenvalue weighted by Crippen LogP contribution is -2.13. The van der Waals surface area contributed by atoms with E-state index in [0.717, 1.165) is 34.3 Å². The van der Waals surface area contributed by atoms with Gasteiger partial charge in [-0.3, -0.25) is 4.72 Å².